The third kappa shape index (κ3) is 5.11. The van der Waals surface area contributed by atoms with Crippen molar-refractivity contribution in [2.75, 3.05) is 50.7 Å². The van der Waals surface area contributed by atoms with E-state index in [-0.39, 0.29) is 29.2 Å². The average molecular weight is 513 g/mol. The topological polar surface area (TPSA) is 78.0 Å². The third-order valence-electron chi connectivity index (χ3n) is 7.09. The van der Waals surface area contributed by atoms with Crippen LogP contribution in [0.15, 0.2) is 36.7 Å². The summed E-state index contributed by atoms with van der Waals surface area (Å²) < 4.78 is 50.5. The molecule has 0 aliphatic carbocycles. The number of halogens is 2. The average Bonchev–Trinajstić information content (AvgIpc) is 2.90. The van der Waals surface area contributed by atoms with Gasteiger partial charge in [0.05, 0.1) is 51.1 Å². The predicted octanol–water partition coefficient (Wildman–Crippen LogP) is 5.02. The highest BCUT2D eigenvalue weighted by Gasteiger charge is 2.41. The van der Waals surface area contributed by atoms with Crippen molar-refractivity contribution in [3.63, 3.8) is 0 Å². The summed E-state index contributed by atoms with van der Waals surface area (Å²) in [6, 6.07) is 7.22. The highest BCUT2D eigenvalue weighted by molar-refractivity contribution is 5.67. The van der Waals surface area contributed by atoms with Gasteiger partial charge >= 0.3 is 0 Å². The zero-order valence-corrected chi connectivity index (χ0v) is 21.1. The van der Waals surface area contributed by atoms with Crippen molar-refractivity contribution in [1.82, 2.24) is 9.97 Å². The van der Waals surface area contributed by atoms with Crippen molar-refractivity contribution >= 4 is 17.3 Å². The van der Waals surface area contributed by atoms with Gasteiger partial charge in [-0.1, -0.05) is 0 Å². The van der Waals surface area contributed by atoms with Gasteiger partial charge in [0.1, 0.15) is 18.2 Å². The molecule has 5 rings (SSSR count). The zero-order valence-electron chi connectivity index (χ0n) is 21.1. The molecule has 2 aliphatic heterocycles. The van der Waals surface area contributed by atoms with Crippen LogP contribution in [0.4, 0.5) is 26.1 Å². The smallest absolute Gasteiger partial charge is 0.227 e. The highest BCUT2D eigenvalue weighted by atomic mass is 19.1. The van der Waals surface area contributed by atoms with Crippen LogP contribution in [-0.4, -0.2) is 50.5 Å². The van der Waals surface area contributed by atoms with Crippen molar-refractivity contribution in [3.05, 3.63) is 59.4 Å². The van der Waals surface area contributed by atoms with Crippen LogP contribution >= 0.6 is 0 Å². The van der Waals surface area contributed by atoms with Gasteiger partial charge in [0.15, 0.2) is 17.3 Å². The van der Waals surface area contributed by atoms with Crippen molar-refractivity contribution < 1.29 is 27.7 Å². The molecule has 3 aromatic rings. The number of nitrogens with zero attached hydrogens (tertiary/aromatic N) is 3. The first kappa shape index (κ1) is 25.0. The van der Waals surface area contributed by atoms with E-state index < -0.39 is 11.6 Å². The van der Waals surface area contributed by atoms with Gasteiger partial charge in [0, 0.05) is 30.3 Å². The largest absolute Gasteiger partial charge is 0.495 e. The van der Waals surface area contributed by atoms with Crippen LogP contribution in [0.2, 0.25) is 0 Å². The van der Waals surface area contributed by atoms with E-state index in [2.05, 4.69) is 20.2 Å². The minimum Gasteiger partial charge on any atom is -0.495 e. The molecule has 2 aliphatic rings. The molecule has 1 N–H and O–H groups in total. The number of ether oxygens (including phenoxy) is 4. The molecular formula is C27H30F2N4O4. The van der Waals surface area contributed by atoms with Gasteiger partial charge in [0.2, 0.25) is 5.95 Å². The van der Waals surface area contributed by atoms with Crippen molar-refractivity contribution in [3.8, 4) is 17.2 Å². The normalized spacial score (nSPS) is 16.3. The van der Waals surface area contributed by atoms with E-state index in [1.165, 1.54) is 32.5 Å². The molecule has 0 unspecified atom stereocenters. The van der Waals surface area contributed by atoms with Crippen LogP contribution in [0.3, 0.4) is 0 Å². The summed E-state index contributed by atoms with van der Waals surface area (Å²) >= 11 is 0. The lowest BCUT2D eigenvalue weighted by Crippen LogP contribution is -2.51. The quantitative estimate of drug-likeness (QED) is 0.451. The number of rotatable bonds is 8. The van der Waals surface area contributed by atoms with E-state index in [9.17, 15) is 8.78 Å². The number of aryl methyl sites for hydroxylation is 1. The Kier molecular flexibility index (Phi) is 7.01. The summed E-state index contributed by atoms with van der Waals surface area (Å²) in [6.07, 6.45) is 5.12. The first-order chi connectivity index (χ1) is 17.9. The minimum absolute atomic E-state index is 0.0353. The highest BCUT2D eigenvalue weighted by Crippen LogP contribution is 2.41. The van der Waals surface area contributed by atoms with Gasteiger partial charge < -0.3 is 29.2 Å². The Morgan fingerprint density at radius 2 is 1.70 bits per heavy atom. The predicted molar refractivity (Wildman–Crippen MR) is 135 cm³/mol. The fourth-order valence-electron chi connectivity index (χ4n) is 4.74. The van der Waals surface area contributed by atoms with Crippen molar-refractivity contribution in [2.24, 2.45) is 5.41 Å². The molecule has 1 spiro atoms. The van der Waals surface area contributed by atoms with Crippen molar-refractivity contribution in [1.29, 1.82) is 0 Å². The molecule has 0 bridgehead atoms. The molecule has 2 aromatic carbocycles. The molecule has 196 valence electrons. The Balaban J connectivity index is 1.22. The second-order valence-corrected chi connectivity index (χ2v) is 9.52. The molecule has 0 amide bonds. The maximum atomic E-state index is 14.5. The Morgan fingerprint density at radius 1 is 1.00 bits per heavy atom. The number of nitrogens with one attached hydrogen (secondary N) is 1. The van der Waals surface area contributed by atoms with Crippen LogP contribution in [0.1, 0.15) is 24.0 Å². The van der Waals surface area contributed by atoms with E-state index in [0.717, 1.165) is 56.3 Å². The van der Waals surface area contributed by atoms with E-state index in [4.69, 9.17) is 18.9 Å². The summed E-state index contributed by atoms with van der Waals surface area (Å²) in [6.45, 7) is 4.91. The molecule has 0 saturated carbocycles. The monoisotopic (exact) mass is 512 g/mol. The van der Waals surface area contributed by atoms with E-state index >= 15 is 0 Å². The molecule has 10 heteroatoms. The number of piperidine rings is 1. The van der Waals surface area contributed by atoms with E-state index in [1.54, 1.807) is 7.11 Å². The molecule has 2 fully saturated rings. The first-order valence-corrected chi connectivity index (χ1v) is 12.2. The summed E-state index contributed by atoms with van der Waals surface area (Å²) in [5, 5.41) is 3.15. The third-order valence-corrected chi connectivity index (χ3v) is 7.09. The minimum atomic E-state index is -0.789. The first-order valence-electron chi connectivity index (χ1n) is 12.2. The van der Waals surface area contributed by atoms with Crippen LogP contribution < -0.4 is 24.4 Å². The number of anilines is 3. The molecule has 0 atom stereocenters. The van der Waals surface area contributed by atoms with Gasteiger partial charge in [0.25, 0.3) is 0 Å². The molecule has 0 radical (unpaired) electrons. The second-order valence-electron chi connectivity index (χ2n) is 9.52. The zero-order chi connectivity index (χ0) is 26.0. The number of benzene rings is 2. The Morgan fingerprint density at radius 3 is 2.32 bits per heavy atom. The SMILES string of the molecule is COc1cc(Nc2ncc(OCc3c(F)c(C)cc(OC)c3F)cn2)ccc1N1CCC2(CC1)COC2. The number of methoxy groups -OCH3 is 2. The fraction of sp³-hybridized carbons (Fsp3) is 0.407. The number of hydrogen-bond donors (Lipinski definition) is 1. The van der Waals surface area contributed by atoms with Crippen LogP contribution in [0, 0.1) is 24.0 Å². The number of aromatic nitrogens is 2. The molecule has 37 heavy (non-hydrogen) atoms. The number of hydrogen-bond acceptors (Lipinski definition) is 8. The lowest BCUT2D eigenvalue weighted by Gasteiger charge is -2.48. The van der Waals surface area contributed by atoms with Gasteiger partial charge in [-0.3, -0.25) is 0 Å². The van der Waals surface area contributed by atoms with Crippen LogP contribution in [0.5, 0.6) is 17.2 Å². The molecule has 1 aromatic heterocycles. The summed E-state index contributed by atoms with van der Waals surface area (Å²) in [7, 11) is 2.99. The summed E-state index contributed by atoms with van der Waals surface area (Å²) in [5.41, 5.74) is 2.25. The van der Waals surface area contributed by atoms with E-state index in [1.807, 2.05) is 18.2 Å². The molecule has 3 heterocycles. The Bertz CT molecular complexity index is 1260. The standard InChI is InChI=1S/C27H30F2N4O4/c1-17-10-23(35-3)25(29)20(24(17)28)14-37-19-12-30-26(31-13-19)32-18-4-5-21(22(11-18)34-2)33-8-6-27(7-9-33)15-36-16-27/h4-5,10-13H,6-9,14-16H2,1-3H3,(H,30,31,32). The second kappa shape index (κ2) is 10.4. The Hall–Kier alpha value is -3.66. The molecular weight excluding hydrogens is 482 g/mol. The van der Waals surface area contributed by atoms with Crippen molar-refractivity contribution in [2.45, 2.75) is 26.4 Å². The summed E-state index contributed by atoms with van der Waals surface area (Å²) in [5.74, 6) is -0.103. The summed E-state index contributed by atoms with van der Waals surface area (Å²) in [4.78, 5) is 10.9. The fourth-order valence-corrected chi connectivity index (χ4v) is 4.74. The Labute approximate surface area is 214 Å². The molecule has 8 nitrogen and oxygen atoms in total. The maximum absolute atomic E-state index is 14.5. The van der Waals surface area contributed by atoms with Gasteiger partial charge in [-0.25, -0.2) is 18.7 Å². The van der Waals surface area contributed by atoms with E-state index in [0.29, 0.717) is 11.4 Å². The lowest BCUT2D eigenvalue weighted by atomic mass is 9.77. The lowest BCUT2D eigenvalue weighted by molar-refractivity contribution is -0.124. The molecule has 2 saturated heterocycles. The van der Waals surface area contributed by atoms with Gasteiger partial charge in [-0.15, -0.1) is 0 Å². The van der Waals surface area contributed by atoms with Gasteiger partial charge in [-0.2, -0.15) is 0 Å². The van der Waals surface area contributed by atoms with Crippen LogP contribution in [-0.2, 0) is 11.3 Å². The van der Waals surface area contributed by atoms with Gasteiger partial charge in [-0.05, 0) is 43.5 Å². The van der Waals surface area contributed by atoms with Crippen LogP contribution in [0.25, 0.3) is 0 Å². The maximum Gasteiger partial charge on any atom is 0.227 e.